The molecule has 1 amide bonds. The summed E-state index contributed by atoms with van der Waals surface area (Å²) in [7, 11) is 0. The number of hydrogen-bond donors (Lipinski definition) is 1. The largest absolute Gasteiger partial charge is 0.466 e. The van der Waals surface area contributed by atoms with Gasteiger partial charge in [-0.1, -0.05) is 30.3 Å². The number of esters is 1. The van der Waals surface area contributed by atoms with Crippen molar-refractivity contribution >= 4 is 23.3 Å². The average Bonchev–Trinajstić information content (AvgIpc) is 3.33. The van der Waals surface area contributed by atoms with Crippen molar-refractivity contribution in [2.45, 2.75) is 45.4 Å². The van der Waals surface area contributed by atoms with Gasteiger partial charge in [0.25, 0.3) is 0 Å². The van der Waals surface area contributed by atoms with E-state index in [1.165, 1.54) is 0 Å². The van der Waals surface area contributed by atoms with Crippen LogP contribution in [0.2, 0.25) is 0 Å². The molecule has 1 saturated heterocycles. The molecule has 36 heavy (non-hydrogen) atoms. The Morgan fingerprint density at radius 3 is 2.47 bits per heavy atom. The van der Waals surface area contributed by atoms with Gasteiger partial charge >= 0.3 is 17.8 Å². The van der Waals surface area contributed by atoms with Crippen LogP contribution in [-0.4, -0.2) is 41.8 Å². The quantitative estimate of drug-likeness (QED) is 0.452. The molecule has 2 heterocycles. The summed E-state index contributed by atoms with van der Waals surface area (Å²) < 4.78 is 10.6. The minimum Gasteiger partial charge on any atom is -0.466 e. The van der Waals surface area contributed by atoms with Gasteiger partial charge in [-0.25, -0.2) is 0 Å². The minimum absolute atomic E-state index is 0.0481. The average molecular weight is 489 g/mol. The topological polar surface area (TPSA) is 97.6 Å². The van der Waals surface area contributed by atoms with Gasteiger partial charge in [0.1, 0.15) is 0 Å². The molecule has 1 N–H and O–H groups in total. The lowest BCUT2D eigenvalue weighted by molar-refractivity contribution is -0.146. The summed E-state index contributed by atoms with van der Waals surface area (Å²) in [6, 6.07) is 17.7. The van der Waals surface area contributed by atoms with E-state index in [1.807, 2.05) is 61.5 Å². The number of amides is 1. The van der Waals surface area contributed by atoms with E-state index in [0.29, 0.717) is 42.4 Å². The number of anilines is 2. The number of rotatable bonds is 8. The number of piperidine rings is 1. The molecule has 2 fully saturated rings. The maximum absolute atomic E-state index is 12.6. The maximum atomic E-state index is 12.6. The molecular formula is C28H32N4O4. The molecule has 1 aliphatic heterocycles. The fraction of sp³-hybridized carbons (Fsp3) is 0.429. The van der Waals surface area contributed by atoms with E-state index < -0.39 is 5.91 Å². The van der Waals surface area contributed by atoms with Crippen LogP contribution in [0.5, 0.6) is 0 Å². The van der Waals surface area contributed by atoms with Gasteiger partial charge in [0.2, 0.25) is 5.89 Å². The third-order valence-corrected chi connectivity index (χ3v) is 7.38. The van der Waals surface area contributed by atoms with Crippen molar-refractivity contribution in [1.82, 2.24) is 10.2 Å². The molecule has 0 radical (unpaired) electrons. The molecule has 1 aromatic heterocycles. The van der Waals surface area contributed by atoms with Crippen LogP contribution in [-0.2, 0) is 16.0 Å². The Labute approximate surface area is 211 Å². The molecule has 0 bridgehead atoms. The van der Waals surface area contributed by atoms with Crippen LogP contribution >= 0.6 is 0 Å². The van der Waals surface area contributed by atoms with Crippen LogP contribution in [0.15, 0.2) is 59.0 Å². The Kier molecular flexibility index (Phi) is 7.02. The van der Waals surface area contributed by atoms with Crippen molar-refractivity contribution in [2.75, 3.05) is 29.9 Å². The molecule has 2 aromatic carbocycles. The molecule has 8 heteroatoms. The first kappa shape index (κ1) is 24.0. The highest BCUT2D eigenvalue weighted by Crippen LogP contribution is 2.54. The van der Waals surface area contributed by atoms with Gasteiger partial charge in [-0.2, -0.15) is 0 Å². The fourth-order valence-corrected chi connectivity index (χ4v) is 5.54. The second-order valence-electron chi connectivity index (χ2n) is 9.93. The van der Waals surface area contributed by atoms with E-state index in [9.17, 15) is 9.59 Å². The zero-order chi connectivity index (χ0) is 25.0. The highest BCUT2D eigenvalue weighted by Gasteiger charge is 2.46. The van der Waals surface area contributed by atoms with E-state index in [-0.39, 0.29) is 11.9 Å². The Balaban J connectivity index is 1.09. The van der Waals surface area contributed by atoms with Crippen LogP contribution < -0.4 is 10.2 Å². The third-order valence-electron chi connectivity index (χ3n) is 7.38. The maximum Gasteiger partial charge on any atom is 0.313 e. The molecule has 1 aliphatic carbocycles. The number of aromatic nitrogens is 2. The zero-order valence-electron chi connectivity index (χ0n) is 20.6. The Morgan fingerprint density at radius 2 is 1.78 bits per heavy atom. The van der Waals surface area contributed by atoms with Crippen molar-refractivity contribution in [2.24, 2.45) is 11.3 Å². The predicted molar refractivity (Wildman–Crippen MR) is 136 cm³/mol. The number of carbonyl (C=O) groups is 2. The Hall–Kier alpha value is -3.68. The fourth-order valence-electron chi connectivity index (χ4n) is 5.54. The summed E-state index contributed by atoms with van der Waals surface area (Å²) in [5.41, 5.74) is 3.26. The van der Waals surface area contributed by atoms with Crippen LogP contribution in [0.4, 0.5) is 11.4 Å². The summed E-state index contributed by atoms with van der Waals surface area (Å²) in [6.07, 6.45) is 5.60. The molecule has 1 saturated carbocycles. The number of nitrogens with zero attached hydrogens (tertiary/aromatic N) is 3. The van der Waals surface area contributed by atoms with Gasteiger partial charge < -0.3 is 19.4 Å². The highest BCUT2D eigenvalue weighted by molar-refractivity contribution is 6.00. The molecule has 8 nitrogen and oxygen atoms in total. The number of ether oxygens (including phenoxy) is 1. The van der Waals surface area contributed by atoms with Crippen molar-refractivity contribution in [1.29, 1.82) is 0 Å². The summed E-state index contributed by atoms with van der Waals surface area (Å²) in [5.74, 6) is 0.355. The van der Waals surface area contributed by atoms with Gasteiger partial charge in [0.15, 0.2) is 0 Å². The second-order valence-corrected chi connectivity index (χ2v) is 9.93. The summed E-state index contributed by atoms with van der Waals surface area (Å²) in [6.45, 7) is 4.32. The van der Waals surface area contributed by atoms with Gasteiger partial charge in [0, 0.05) is 30.9 Å². The predicted octanol–water partition coefficient (Wildman–Crippen LogP) is 4.86. The first-order chi connectivity index (χ1) is 17.5. The number of hydrogen-bond acceptors (Lipinski definition) is 7. The van der Waals surface area contributed by atoms with Gasteiger partial charge in [0.05, 0.1) is 13.0 Å². The van der Waals surface area contributed by atoms with Gasteiger partial charge in [-0.05, 0) is 73.8 Å². The van der Waals surface area contributed by atoms with Crippen molar-refractivity contribution in [3.05, 3.63) is 71.9 Å². The molecule has 0 atom stereocenters. The van der Waals surface area contributed by atoms with E-state index in [1.54, 1.807) is 0 Å². The van der Waals surface area contributed by atoms with E-state index in [0.717, 1.165) is 50.0 Å². The van der Waals surface area contributed by atoms with Crippen LogP contribution in [0, 0.1) is 11.3 Å². The minimum atomic E-state index is -0.420. The van der Waals surface area contributed by atoms with Crippen LogP contribution in [0.3, 0.4) is 0 Å². The third kappa shape index (κ3) is 5.58. The number of carbonyl (C=O) groups excluding carboxylic acids is 2. The standard InChI is InChI=1S/C28H32N4O4/c1-2-35-25(33)17-21-18-28(19-21)12-14-32(15-13-28)23-10-8-22(9-11-23)29-26(34)27-31-30-24(36-27)16-20-6-4-3-5-7-20/h3-11,21H,2,12-19H2,1H3,(H,29,34). The molecule has 3 aromatic rings. The number of benzene rings is 2. The lowest BCUT2D eigenvalue weighted by Gasteiger charge is -2.52. The normalized spacial score (nSPS) is 17.0. The smallest absolute Gasteiger partial charge is 0.313 e. The zero-order valence-corrected chi connectivity index (χ0v) is 20.6. The second kappa shape index (κ2) is 10.5. The van der Waals surface area contributed by atoms with Crippen LogP contribution in [0.1, 0.15) is 61.2 Å². The first-order valence-corrected chi connectivity index (χ1v) is 12.7. The van der Waals surface area contributed by atoms with Gasteiger partial charge in [-0.3, -0.25) is 9.59 Å². The van der Waals surface area contributed by atoms with E-state index in [2.05, 4.69) is 20.4 Å². The SMILES string of the molecule is CCOC(=O)CC1CC2(CCN(c3ccc(NC(=O)c4nnc(Cc5ccccc5)o4)cc3)CC2)C1. The molecule has 188 valence electrons. The first-order valence-electron chi connectivity index (χ1n) is 12.7. The summed E-state index contributed by atoms with van der Waals surface area (Å²) >= 11 is 0. The Morgan fingerprint density at radius 1 is 1.06 bits per heavy atom. The molecule has 0 unspecified atom stereocenters. The Bertz CT molecular complexity index is 1180. The summed E-state index contributed by atoms with van der Waals surface area (Å²) in [5, 5.41) is 10.7. The van der Waals surface area contributed by atoms with Gasteiger partial charge in [-0.15, -0.1) is 10.2 Å². The lowest BCUT2D eigenvalue weighted by Crippen LogP contribution is -2.47. The number of nitrogens with one attached hydrogen (secondary N) is 1. The van der Waals surface area contributed by atoms with E-state index in [4.69, 9.17) is 9.15 Å². The lowest BCUT2D eigenvalue weighted by atomic mass is 9.57. The van der Waals surface area contributed by atoms with Crippen LogP contribution in [0.25, 0.3) is 0 Å². The molecule has 1 spiro atoms. The molecular weight excluding hydrogens is 456 g/mol. The summed E-state index contributed by atoms with van der Waals surface area (Å²) in [4.78, 5) is 26.7. The monoisotopic (exact) mass is 488 g/mol. The van der Waals surface area contributed by atoms with Crippen molar-refractivity contribution < 1.29 is 18.7 Å². The molecule has 5 rings (SSSR count). The van der Waals surface area contributed by atoms with Crippen molar-refractivity contribution in [3.8, 4) is 0 Å². The van der Waals surface area contributed by atoms with Crippen molar-refractivity contribution in [3.63, 3.8) is 0 Å². The highest BCUT2D eigenvalue weighted by atomic mass is 16.5. The molecule has 2 aliphatic rings. The van der Waals surface area contributed by atoms with E-state index >= 15 is 0 Å².